The third-order valence-corrected chi connectivity index (χ3v) is 8.55. The Balaban J connectivity index is 1.55. The Morgan fingerprint density at radius 3 is 2.47 bits per heavy atom. The number of carbonyl (C=O) groups excluding carboxylic acids is 1. The lowest BCUT2D eigenvalue weighted by molar-refractivity contribution is -0.134. The van der Waals surface area contributed by atoms with Gasteiger partial charge in [0.05, 0.1) is 23.4 Å². The largest absolute Gasteiger partial charge is 0.366 e. The number of hydrogen-bond donors (Lipinski definition) is 1. The van der Waals surface area contributed by atoms with E-state index >= 15 is 0 Å². The van der Waals surface area contributed by atoms with E-state index in [1.807, 2.05) is 18.7 Å². The van der Waals surface area contributed by atoms with Gasteiger partial charge in [0.2, 0.25) is 15.9 Å². The summed E-state index contributed by atoms with van der Waals surface area (Å²) in [7, 11) is -4.09. The average molecular weight is 544 g/mol. The first kappa shape index (κ1) is 24.9. The molecule has 0 radical (unpaired) electrons. The molecule has 2 atom stereocenters. The van der Waals surface area contributed by atoms with Crippen LogP contribution in [0.3, 0.4) is 0 Å². The summed E-state index contributed by atoms with van der Waals surface area (Å²) in [4.78, 5) is 20.3. The Bertz CT molecular complexity index is 1400. The fourth-order valence-corrected chi connectivity index (χ4v) is 6.09. The summed E-state index contributed by atoms with van der Waals surface area (Å²) in [6, 6.07) is 0.711. The molecule has 0 bridgehead atoms. The number of halogens is 3. The summed E-state index contributed by atoms with van der Waals surface area (Å²) < 4.78 is 69.6. The van der Waals surface area contributed by atoms with E-state index in [1.54, 1.807) is 4.90 Å². The molecule has 194 valence electrons. The molecule has 2 aliphatic rings. The number of fused-ring (bicyclic) bond motifs is 1. The number of rotatable bonds is 7. The smallest absolute Gasteiger partial charge is 0.291 e. The Morgan fingerprint density at radius 2 is 1.89 bits per heavy atom. The summed E-state index contributed by atoms with van der Waals surface area (Å²) in [5, 5.41) is 6.95. The van der Waals surface area contributed by atoms with Gasteiger partial charge in [0.1, 0.15) is 11.1 Å². The number of imidazole rings is 1. The van der Waals surface area contributed by atoms with Crippen molar-refractivity contribution in [1.29, 1.82) is 0 Å². The molecule has 1 saturated heterocycles. The molecule has 0 spiro atoms. The topological polar surface area (TPSA) is 113 Å². The number of sulfonamides is 1. The fraction of sp³-hybridized carbons (Fsp3) is 0.524. The Morgan fingerprint density at radius 1 is 1.19 bits per heavy atom. The molecule has 5 rings (SSSR count). The van der Waals surface area contributed by atoms with Crippen LogP contribution in [-0.4, -0.2) is 77.2 Å². The van der Waals surface area contributed by atoms with Gasteiger partial charge in [-0.25, -0.2) is 31.3 Å². The van der Waals surface area contributed by atoms with Gasteiger partial charge < -0.3 is 9.80 Å². The van der Waals surface area contributed by atoms with E-state index in [-0.39, 0.29) is 34.0 Å². The molecule has 4 heterocycles. The summed E-state index contributed by atoms with van der Waals surface area (Å²) in [6.07, 6.45) is -1.08. The molecule has 15 heteroatoms. The Hall–Kier alpha value is -2.78. The van der Waals surface area contributed by atoms with Gasteiger partial charge in [-0.3, -0.25) is 9.20 Å². The van der Waals surface area contributed by atoms with Crippen molar-refractivity contribution in [3.8, 4) is 10.8 Å². The van der Waals surface area contributed by atoms with Crippen LogP contribution >= 0.6 is 11.3 Å². The molecule has 3 aromatic rings. The van der Waals surface area contributed by atoms with Crippen LogP contribution in [0.15, 0.2) is 23.4 Å². The van der Waals surface area contributed by atoms with Gasteiger partial charge in [-0.15, -0.1) is 10.2 Å². The van der Waals surface area contributed by atoms with Crippen LogP contribution in [0.1, 0.15) is 31.7 Å². The van der Waals surface area contributed by atoms with E-state index < -0.39 is 33.7 Å². The second-order valence-corrected chi connectivity index (χ2v) is 11.8. The van der Waals surface area contributed by atoms with Crippen molar-refractivity contribution in [2.75, 3.05) is 31.1 Å². The zero-order valence-electron chi connectivity index (χ0n) is 19.4. The van der Waals surface area contributed by atoms with Gasteiger partial charge in [0.25, 0.3) is 6.43 Å². The molecular weight excluding hydrogens is 519 g/mol. The van der Waals surface area contributed by atoms with E-state index in [1.165, 1.54) is 22.9 Å². The second kappa shape index (κ2) is 9.27. The highest BCUT2D eigenvalue weighted by molar-refractivity contribution is 7.89. The van der Waals surface area contributed by atoms with Gasteiger partial charge in [-0.2, -0.15) is 0 Å². The van der Waals surface area contributed by atoms with Crippen LogP contribution < -0.4 is 9.62 Å². The van der Waals surface area contributed by atoms with Crippen molar-refractivity contribution >= 4 is 38.5 Å². The van der Waals surface area contributed by atoms with Crippen LogP contribution in [-0.2, 0) is 14.8 Å². The number of hydrogen-bond acceptors (Lipinski definition) is 8. The number of pyridine rings is 1. The van der Waals surface area contributed by atoms with Gasteiger partial charge in [0, 0.05) is 38.3 Å². The maximum absolute atomic E-state index is 13.4. The average Bonchev–Trinajstić information content (AvgIpc) is 3.22. The highest BCUT2D eigenvalue weighted by atomic mass is 32.2. The maximum atomic E-state index is 13.4. The number of amides is 1. The van der Waals surface area contributed by atoms with Crippen molar-refractivity contribution in [1.82, 2.24) is 29.2 Å². The van der Waals surface area contributed by atoms with Gasteiger partial charge in [-0.1, -0.05) is 25.2 Å². The first-order valence-electron chi connectivity index (χ1n) is 11.4. The number of carbonyl (C=O) groups is 1. The predicted octanol–water partition coefficient (Wildman–Crippen LogP) is 2.48. The lowest BCUT2D eigenvalue weighted by atomic mass is 10.1. The molecule has 2 fully saturated rings. The van der Waals surface area contributed by atoms with E-state index in [2.05, 4.69) is 19.9 Å². The second-order valence-electron chi connectivity index (χ2n) is 9.09. The Kier molecular flexibility index (Phi) is 6.41. The molecule has 0 aromatic carbocycles. The molecule has 1 aliphatic carbocycles. The summed E-state index contributed by atoms with van der Waals surface area (Å²) >= 11 is 0.667. The van der Waals surface area contributed by atoms with Crippen molar-refractivity contribution < 1.29 is 26.4 Å². The Labute approximate surface area is 209 Å². The fourth-order valence-electron chi connectivity index (χ4n) is 4.11. The molecular formula is C21H24F3N7O3S2. The lowest BCUT2D eigenvalue weighted by Crippen LogP contribution is -2.50. The number of nitrogens with zero attached hydrogens (tertiary/aromatic N) is 6. The van der Waals surface area contributed by atoms with Gasteiger partial charge >= 0.3 is 0 Å². The number of anilines is 1. The van der Waals surface area contributed by atoms with E-state index in [9.17, 15) is 26.4 Å². The molecule has 1 saturated carbocycles. The minimum absolute atomic E-state index is 0.0447. The van der Waals surface area contributed by atoms with E-state index in [0.717, 1.165) is 0 Å². The monoisotopic (exact) mass is 543 g/mol. The molecule has 1 aliphatic heterocycles. The standard InChI is InChI=1S/C21H24F3N7O3S2/c1-11(2)21(32)30-5-3-29(4-6-30)15-7-12(36(33,34)28-14-8-13(14)22)10-31-16(15)9-25-18(31)20-27-26-19(35-20)17(23)24/h7,9-11,13-14,17,28H,3-6,8H2,1-2H3/t13-,14+/m1/s1. The number of nitrogens with one attached hydrogen (secondary N) is 1. The summed E-state index contributed by atoms with van der Waals surface area (Å²) in [5.74, 6) is 0.0753. The zero-order valence-corrected chi connectivity index (χ0v) is 21.1. The molecule has 1 N–H and O–H groups in total. The van der Waals surface area contributed by atoms with Crippen LogP contribution in [0.2, 0.25) is 0 Å². The molecule has 10 nitrogen and oxygen atoms in total. The first-order valence-corrected chi connectivity index (χ1v) is 13.7. The van der Waals surface area contributed by atoms with Crippen molar-refractivity contribution in [2.45, 2.75) is 43.8 Å². The predicted molar refractivity (Wildman–Crippen MR) is 126 cm³/mol. The number of piperazine rings is 1. The van der Waals surface area contributed by atoms with Crippen molar-refractivity contribution in [3.63, 3.8) is 0 Å². The molecule has 1 amide bonds. The van der Waals surface area contributed by atoms with E-state index in [0.29, 0.717) is 48.7 Å². The SMILES string of the molecule is CC(C)C(=O)N1CCN(c2cc(S(=O)(=O)N[C@H]3C[C@H]3F)cn3c(-c4nnc(C(F)F)s4)ncc23)CC1. The summed E-state index contributed by atoms with van der Waals surface area (Å²) in [5.41, 5.74) is 1.08. The van der Waals surface area contributed by atoms with Crippen LogP contribution in [0.25, 0.3) is 16.3 Å². The zero-order chi connectivity index (χ0) is 25.8. The third kappa shape index (κ3) is 4.66. The third-order valence-electron chi connectivity index (χ3n) is 6.17. The lowest BCUT2D eigenvalue weighted by Gasteiger charge is -2.37. The molecule has 36 heavy (non-hydrogen) atoms. The quantitative estimate of drug-likeness (QED) is 0.487. The maximum Gasteiger partial charge on any atom is 0.291 e. The van der Waals surface area contributed by atoms with Crippen molar-refractivity contribution in [3.05, 3.63) is 23.5 Å². The van der Waals surface area contributed by atoms with Crippen molar-refractivity contribution in [2.24, 2.45) is 5.92 Å². The van der Waals surface area contributed by atoms with Gasteiger partial charge in [0.15, 0.2) is 15.8 Å². The molecule has 0 unspecified atom stereocenters. The van der Waals surface area contributed by atoms with Crippen LogP contribution in [0, 0.1) is 5.92 Å². The number of alkyl halides is 3. The van der Waals surface area contributed by atoms with Crippen LogP contribution in [0.4, 0.5) is 18.9 Å². The summed E-state index contributed by atoms with van der Waals surface area (Å²) in [6.45, 7) is 5.49. The highest BCUT2D eigenvalue weighted by Gasteiger charge is 2.41. The minimum atomic E-state index is -4.09. The number of aromatic nitrogens is 4. The normalized spacial score (nSPS) is 20.6. The van der Waals surface area contributed by atoms with Gasteiger partial charge in [-0.05, 0) is 12.5 Å². The highest BCUT2D eigenvalue weighted by Crippen LogP contribution is 2.34. The van der Waals surface area contributed by atoms with E-state index in [4.69, 9.17) is 0 Å². The first-order chi connectivity index (χ1) is 17.0. The molecule has 3 aromatic heterocycles. The minimum Gasteiger partial charge on any atom is -0.366 e. The van der Waals surface area contributed by atoms with Crippen LogP contribution in [0.5, 0.6) is 0 Å².